The fourth-order valence-electron chi connectivity index (χ4n) is 5.59. The molecule has 1 atom stereocenters. The summed E-state index contributed by atoms with van der Waals surface area (Å²) < 4.78 is 0. The maximum atomic E-state index is 13.8. The summed E-state index contributed by atoms with van der Waals surface area (Å²) in [5.74, 6) is -0.0718. The van der Waals surface area contributed by atoms with E-state index in [0.29, 0.717) is 24.5 Å². The molecule has 0 aromatic heterocycles. The molecule has 36 heavy (non-hydrogen) atoms. The van der Waals surface area contributed by atoms with Crippen LogP contribution in [0.3, 0.4) is 0 Å². The van der Waals surface area contributed by atoms with Crippen LogP contribution in [0.5, 0.6) is 0 Å². The quantitative estimate of drug-likeness (QED) is 0.530. The minimum Gasteiger partial charge on any atom is -0.378 e. The average Bonchev–Trinajstić information content (AvgIpc) is 3.45. The van der Waals surface area contributed by atoms with Crippen LogP contribution in [-0.2, 0) is 9.59 Å². The molecule has 5 rings (SSSR count). The molecule has 2 aromatic rings. The van der Waals surface area contributed by atoms with E-state index in [9.17, 15) is 9.59 Å². The molecular weight excluding hydrogens is 470 g/mol. The number of hydrogen-bond acceptors (Lipinski definition) is 4. The summed E-state index contributed by atoms with van der Waals surface area (Å²) in [5.41, 5.74) is 2.19. The van der Waals surface area contributed by atoms with E-state index >= 15 is 0 Å². The highest BCUT2D eigenvalue weighted by Gasteiger charge is 2.53. The van der Waals surface area contributed by atoms with Crippen molar-refractivity contribution in [2.75, 3.05) is 37.4 Å². The Bertz CT molecular complexity index is 1110. The average molecular weight is 506 g/mol. The molecule has 7 nitrogen and oxygen atoms in total. The van der Waals surface area contributed by atoms with Gasteiger partial charge in [0.2, 0.25) is 11.8 Å². The fourth-order valence-corrected chi connectivity index (χ4v) is 5.87. The normalized spacial score (nSPS) is 20.7. The van der Waals surface area contributed by atoms with Gasteiger partial charge in [-0.05, 0) is 67.7 Å². The van der Waals surface area contributed by atoms with Crippen molar-refractivity contribution in [3.8, 4) is 0 Å². The number of carbonyl (C=O) groups excluding carboxylic acids is 2. The number of nitrogens with one attached hydrogen (secondary N) is 2. The first-order valence-electron chi connectivity index (χ1n) is 12.9. The topological polar surface area (TPSA) is 67.9 Å². The highest BCUT2D eigenvalue weighted by Crippen LogP contribution is 2.43. The summed E-state index contributed by atoms with van der Waals surface area (Å²) in [6, 6.07) is 18.2. The van der Waals surface area contributed by atoms with Crippen LogP contribution in [0, 0.1) is 0 Å². The highest BCUT2D eigenvalue weighted by atomic mass is 32.1. The van der Waals surface area contributed by atoms with Gasteiger partial charge in [-0.3, -0.25) is 9.59 Å². The van der Waals surface area contributed by atoms with Gasteiger partial charge < -0.3 is 25.3 Å². The van der Waals surface area contributed by atoms with Gasteiger partial charge in [0.25, 0.3) is 0 Å². The molecule has 2 amide bonds. The molecule has 2 aliphatic carbocycles. The van der Waals surface area contributed by atoms with Crippen LogP contribution in [-0.4, -0.2) is 65.5 Å². The summed E-state index contributed by atoms with van der Waals surface area (Å²) in [6.45, 7) is 0.836. The zero-order chi connectivity index (χ0) is 25.3. The Labute approximate surface area is 218 Å². The van der Waals surface area contributed by atoms with Gasteiger partial charge in [-0.15, -0.1) is 0 Å². The fraction of sp³-hybridized carbons (Fsp3) is 0.464. The van der Waals surface area contributed by atoms with Crippen molar-refractivity contribution in [2.24, 2.45) is 0 Å². The van der Waals surface area contributed by atoms with Crippen LogP contribution in [0.25, 0.3) is 0 Å². The first kappa shape index (κ1) is 24.6. The molecule has 3 fully saturated rings. The van der Waals surface area contributed by atoms with Crippen molar-refractivity contribution in [1.29, 1.82) is 0 Å². The zero-order valence-corrected chi connectivity index (χ0v) is 21.9. The predicted molar refractivity (Wildman–Crippen MR) is 147 cm³/mol. The Morgan fingerprint density at radius 1 is 1.06 bits per heavy atom. The maximum Gasteiger partial charge on any atom is 0.250 e. The first-order chi connectivity index (χ1) is 17.4. The second-order valence-electron chi connectivity index (χ2n) is 10.4. The molecule has 3 aliphatic rings. The van der Waals surface area contributed by atoms with Crippen LogP contribution in [0.1, 0.15) is 50.1 Å². The number of nitrogens with zero attached hydrogens (tertiary/aromatic N) is 3. The van der Waals surface area contributed by atoms with Gasteiger partial charge in [0.15, 0.2) is 5.11 Å². The summed E-state index contributed by atoms with van der Waals surface area (Å²) in [5, 5.41) is 7.09. The predicted octanol–water partition coefficient (Wildman–Crippen LogP) is 3.93. The van der Waals surface area contributed by atoms with Gasteiger partial charge in [0.05, 0.1) is 12.6 Å². The van der Waals surface area contributed by atoms with Crippen molar-refractivity contribution in [2.45, 2.75) is 56.1 Å². The van der Waals surface area contributed by atoms with Gasteiger partial charge in [0.1, 0.15) is 5.54 Å². The van der Waals surface area contributed by atoms with Crippen LogP contribution in [0.15, 0.2) is 54.6 Å². The number of carbonyl (C=O) groups is 2. The number of hydrogen-bond donors (Lipinski definition) is 2. The third-order valence-electron chi connectivity index (χ3n) is 7.65. The van der Waals surface area contributed by atoms with Gasteiger partial charge in [0, 0.05) is 38.1 Å². The second kappa shape index (κ2) is 10.1. The molecular formula is C28H35N5O2S. The Kier molecular flexibility index (Phi) is 6.88. The van der Waals surface area contributed by atoms with E-state index in [1.165, 1.54) is 0 Å². The number of rotatable bonds is 8. The van der Waals surface area contributed by atoms with E-state index in [4.69, 9.17) is 12.2 Å². The molecule has 2 N–H and O–H groups in total. The minimum absolute atomic E-state index is 0.00429. The molecule has 1 saturated heterocycles. The van der Waals surface area contributed by atoms with Gasteiger partial charge in [-0.1, -0.05) is 43.2 Å². The Morgan fingerprint density at radius 3 is 2.33 bits per heavy atom. The van der Waals surface area contributed by atoms with Gasteiger partial charge >= 0.3 is 0 Å². The molecule has 2 aromatic carbocycles. The molecule has 1 aliphatic heterocycles. The third-order valence-corrected chi connectivity index (χ3v) is 8.03. The minimum atomic E-state index is -0.800. The standard InChI is InChI=1S/C28H35N5O2S/c1-31(2)22-12-10-21(11-13-22)29-26(35)28(16-6-7-17-28)33(23-14-15-23)25(34)19-32-18-24(30-27(32)36)20-8-4-3-5-9-20/h3-5,8-13,23-24H,6-7,14-19H2,1-2H3,(H,29,35)(H,30,36)/t24-/m1/s1. The Balaban J connectivity index is 1.32. The van der Waals surface area contributed by atoms with E-state index in [1.807, 2.05) is 71.3 Å². The molecule has 0 radical (unpaired) electrons. The van der Waals surface area contributed by atoms with Gasteiger partial charge in [-0.2, -0.15) is 0 Å². The third kappa shape index (κ3) is 4.91. The number of benzene rings is 2. The summed E-state index contributed by atoms with van der Waals surface area (Å²) in [6.07, 6.45) is 5.20. The lowest BCUT2D eigenvalue weighted by Gasteiger charge is -2.41. The second-order valence-corrected chi connectivity index (χ2v) is 10.8. The molecule has 2 saturated carbocycles. The van der Waals surface area contributed by atoms with E-state index in [1.54, 1.807) is 0 Å². The number of anilines is 2. The monoisotopic (exact) mass is 505 g/mol. The van der Waals surface area contributed by atoms with Gasteiger partial charge in [-0.25, -0.2) is 0 Å². The summed E-state index contributed by atoms with van der Waals surface area (Å²) >= 11 is 5.59. The molecule has 0 spiro atoms. The van der Waals surface area contributed by atoms with E-state index in [-0.39, 0.29) is 30.4 Å². The van der Waals surface area contributed by atoms with Crippen molar-refractivity contribution in [3.63, 3.8) is 0 Å². The molecule has 190 valence electrons. The lowest BCUT2D eigenvalue weighted by atomic mass is 9.92. The lowest BCUT2D eigenvalue weighted by molar-refractivity contribution is -0.146. The first-order valence-corrected chi connectivity index (χ1v) is 13.3. The molecule has 8 heteroatoms. The maximum absolute atomic E-state index is 13.8. The number of thiocarbonyl (C=S) groups is 1. The highest BCUT2D eigenvalue weighted by molar-refractivity contribution is 7.80. The van der Waals surface area contributed by atoms with Crippen molar-refractivity contribution in [1.82, 2.24) is 15.1 Å². The van der Waals surface area contributed by atoms with Crippen molar-refractivity contribution in [3.05, 3.63) is 60.2 Å². The Hall–Kier alpha value is -3.13. The summed E-state index contributed by atoms with van der Waals surface area (Å²) in [7, 11) is 3.98. The number of amides is 2. The van der Waals surface area contributed by atoms with Crippen LogP contribution in [0.4, 0.5) is 11.4 Å². The molecule has 0 bridgehead atoms. The summed E-state index contributed by atoms with van der Waals surface area (Å²) in [4.78, 5) is 33.6. The van der Waals surface area contributed by atoms with E-state index < -0.39 is 5.54 Å². The Morgan fingerprint density at radius 2 is 1.72 bits per heavy atom. The van der Waals surface area contributed by atoms with E-state index in [0.717, 1.165) is 42.6 Å². The van der Waals surface area contributed by atoms with Crippen LogP contribution in [0.2, 0.25) is 0 Å². The lowest BCUT2D eigenvalue weighted by Crippen LogP contribution is -2.60. The van der Waals surface area contributed by atoms with Crippen molar-refractivity contribution >= 4 is 40.5 Å². The SMILES string of the molecule is CN(C)c1ccc(NC(=O)C2(N(C(=O)CN3C[C@H](c4ccccc4)NC3=S)C3CC3)CCCC2)cc1. The van der Waals surface area contributed by atoms with Crippen LogP contribution >= 0.6 is 12.2 Å². The van der Waals surface area contributed by atoms with Crippen molar-refractivity contribution < 1.29 is 9.59 Å². The zero-order valence-electron chi connectivity index (χ0n) is 21.1. The largest absolute Gasteiger partial charge is 0.378 e. The molecule has 0 unspecified atom stereocenters. The smallest absolute Gasteiger partial charge is 0.250 e. The van der Waals surface area contributed by atoms with Crippen LogP contribution < -0.4 is 15.5 Å². The van der Waals surface area contributed by atoms with E-state index in [2.05, 4.69) is 22.8 Å². The molecule has 1 heterocycles.